The summed E-state index contributed by atoms with van der Waals surface area (Å²) >= 11 is 5.91. The van der Waals surface area contributed by atoms with Crippen molar-refractivity contribution >= 4 is 34.8 Å². The van der Waals surface area contributed by atoms with Crippen LogP contribution in [0, 0.1) is 0 Å². The summed E-state index contributed by atoms with van der Waals surface area (Å²) in [7, 11) is 1.54. The molecule has 2 amide bonds. The summed E-state index contributed by atoms with van der Waals surface area (Å²) in [5.74, 6) is 0.333. The van der Waals surface area contributed by atoms with Crippen molar-refractivity contribution in [1.29, 1.82) is 0 Å². The molecule has 0 aliphatic heterocycles. The van der Waals surface area contributed by atoms with E-state index < -0.39 is 6.04 Å². The van der Waals surface area contributed by atoms with Crippen molar-refractivity contribution in [2.24, 2.45) is 0 Å². The van der Waals surface area contributed by atoms with Crippen molar-refractivity contribution in [3.8, 4) is 17.1 Å². The van der Waals surface area contributed by atoms with Gasteiger partial charge in [-0.05, 0) is 72.8 Å². The van der Waals surface area contributed by atoms with Crippen LogP contribution in [-0.2, 0) is 4.79 Å². The molecule has 0 bridgehead atoms. The number of nitrogens with one attached hydrogen (secondary N) is 2. The summed E-state index contributed by atoms with van der Waals surface area (Å²) in [5.41, 5.74) is 2.27. The highest BCUT2D eigenvalue weighted by Gasteiger charge is 2.19. The molecular weight excluding hydrogens is 456 g/mol. The largest absolute Gasteiger partial charge is 0.495 e. The number of nitrogens with zero attached hydrogens (tertiary/aromatic N) is 4. The van der Waals surface area contributed by atoms with E-state index in [0.29, 0.717) is 33.5 Å². The lowest BCUT2D eigenvalue weighted by molar-refractivity contribution is -0.119. The Hall–Kier alpha value is -4.24. The van der Waals surface area contributed by atoms with Crippen LogP contribution in [0.15, 0.2) is 72.8 Å². The van der Waals surface area contributed by atoms with Crippen molar-refractivity contribution in [3.05, 3.63) is 83.4 Å². The molecule has 10 heteroatoms. The third-order valence-electron chi connectivity index (χ3n) is 5.03. The summed E-state index contributed by atoms with van der Waals surface area (Å²) in [6.07, 6.45) is 0. The monoisotopic (exact) mass is 476 g/mol. The van der Waals surface area contributed by atoms with Crippen molar-refractivity contribution in [3.63, 3.8) is 0 Å². The van der Waals surface area contributed by atoms with Crippen LogP contribution in [0.4, 0.5) is 11.4 Å². The number of ether oxygens (including phenoxy) is 1. The van der Waals surface area contributed by atoms with Gasteiger partial charge in [0, 0.05) is 21.8 Å². The van der Waals surface area contributed by atoms with E-state index in [0.717, 1.165) is 5.56 Å². The Bertz CT molecular complexity index is 1310. The fourth-order valence-electron chi connectivity index (χ4n) is 3.10. The van der Waals surface area contributed by atoms with Gasteiger partial charge in [-0.2, -0.15) is 4.80 Å². The van der Waals surface area contributed by atoms with Crippen molar-refractivity contribution in [2.75, 3.05) is 17.7 Å². The average molecular weight is 477 g/mol. The molecule has 0 fully saturated rings. The van der Waals surface area contributed by atoms with E-state index in [1.165, 1.54) is 11.9 Å². The first-order chi connectivity index (χ1) is 16.4. The maximum Gasteiger partial charge on any atom is 0.255 e. The summed E-state index contributed by atoms with van der Waals surface area (Å²) in [5, 5.41) is 18.5. The highest BCUT2D eigenvalue weighted by molar-refractivity contribution is 6.30. The summed E-state index contributed by atoms with van der Waals surface area (Å²) in [6, 6.07) is 20.0. The number of aromatic nitrogens is 4. The lowest BCUT2D eigenvalue weighted by Crippen LogP contribution is -2.25. The van der Waals surface area contributed by atoms with Gasteiger partial charge in [0.15, 0.2) is 0 Å². The normalized spacial score (nSPS) is 11.5. The van der Waals surface area contributed by atoms with Crippen LogP contribution in [-0.4, -0.2) is 39.1 Å². The van der Waals surface area contributed by atoms with Gasteiger partial charge < -0.3 is 15.4 Å². The maximum absolute atomic E-state index is 12.7. The highest BCUT2D eigenvalue weighted by atomic mass is 35.5. The molecule has 1 unspecified atom stereocenters. The molecule has 1 aromatic heterocycles. The van der Waals surface area contributed by atoms with E-state index in [1.807, 2.05) is 6.07 Å². The fourth-order valence-corrected chi connectivity index (χ4v) is 3.23. The smallest absolute Gasteiger partial charge is 0.255 e. The summed E-state index contributed by atoms with van der Waals surface area (Å²) < 4.78 is 5.25. The van der Waals surface area contributed by atoms with E-state index in [2.05, 4.69) is 26.0 Å². The van der Waals surface area contributed by atoms with E-state index in [1.54, 1.807) is 73.7 Å². The molecule has 0 saturated heterocycles. The zero-order valence-corrected chi connectivity index (χ0v) is 19.2. The Morgan fingerprint density at radius 2 is 1.68 bits per heavy atom. The van der Waals surface area contributed by atoms with Crippen molar-refractivity contribution < 1.29 is 14.3 Å². The Balaban J connectivity index is 1.39. The molecule has 2 N–H and O–H groups in total. The molecule has 9 nitrogen and oxygen atoms in total. The van der Waals surface area contributed by atoms with Gasteiger partial charge in [0.05, 0.1) is 12.8 Å². The molecule has 34 heavy (non-hydrogen) atoms. The number of para-hydroxylation sites is 2. The van der Waals surface area contributed by atoms with E-state index in [-0.39, 0.29) is 11.8 Å². The standard InChI is InChI=1S/C24H21ClN6O3/c1-15(31-29-22(28-30-31)16-7-11-18(25)12-8-16)23(32)26-19-13-9-17(10-14-19)24(33)27-20-5-3-4-6-21(20)34-2/h3-15H,1-2H3,(H,26,32)(H,27,33). The van der Waals surface area contributed by atoms with Crippen LogP contribution in [0.1, 0.15) is 23.3 Å². The van der Waals surface area contributed by atoms with Gasteiger partial charge in [-0.1, -0.05) is 23.7 Å². The predicted octanol–water partition coefficient (Wildman–Crippen LogP) is 4.45. The third kappa shape index (κ3) is 5.21. The highest BCUT2D eigenvalue weighted by Crippen LogP contribution is 2.24. The van der Waals surface area contributed by atoms with Crippen LogP contribution < -0.4 is 15.4 Å². The first kappa shape index (κ1) is 22.9. The number of carbonyl (C=O) groups is 2. The number of rotatable bonds is 7. The molecule has 0 spiro atoms. The second kappa shape index (κ2) is 10.1. The van der Waals surface area contributed by atoms with Gasteiger partial charge in [-0.15, -0.1) is 10.2 Å². The second-order valence-electron chi connectivity index (χ2n) is 7.34. The van der Waals surface area contributed by atoms with E-state index in [9.17, 15) is 9.59 Å². The van der Waals surface area contributed by atoms with Gasteiger partial charge in [0.2, 0.25) is 5.82 Å². The lowest BCUT2D eigenvalue weighted by Gasteiger charge is -2.12. The van der Waals surface area contributed by atoms with Gasteiger partial charge >= 0.3 is 0 Å². The number of hydrogen-bond donors (Lipinski definition) is 2. The Kier molecular flexibility index (Phi) is 6.84. The van der Waals surface area contributed by atoms with Crippen LogP contribution in [0.25, 0.3) is 11.4 Å². The molecule has 0 aliphatic rings. The number of hydrogen-bond acceptors (Lipinski definition) is 6. The second-order valence-corrected chi connectivity index (χ2v) is 7.77. The molecule has 0 radical (unpaired) electrons. The number of methoxy groups -OCH3 is 1. The number of carbonyl (C=O) groups excluding carboxylic acids is 2. The van der Waals surface area contributed by atoms with Gasteiger partial charge in [0.25, 0.3) is 11.8 Å². The Morgan fingerprint density at radius 1 is 0.971 bits per heavy atom. The van der Waals surface area contributed by atoms with Crippen LogP contribution in [0.3, 0.4) is 0 Å². The molecule has 0 aliphatic carbocycles. The Labute approximate surface area is 200 Å². The lowest BCUT2D eigenvalue weighted by atomic mass is 10.1. The summed E-state index contributed by atoms with van der Waals surface area (Å²) in [6.45, 7) is 1.66. The average Bonchev–Trinajstić information content (AvgIpc) is 3.35. The molecule has 1 heterocycles. The maximum atomic E-state index is 12.7. The van der Waals surface area contributed by atoms with Crippen LogP contribution in [0.2, 0.25) is 5.02 Å². The first-order valence-corrected chi connectivity index (χ1v) is 10.7. The molecule has 4 rings (SSSR count). The van der Waals surface area contributed by atoms with Crippen molar-refractivity contribution in [2.45, 2.75) is 13.0 Å². The van der Waals surface area contributed by atoms with E-state index in [4.69, 9.17) is 16.3 Å². The zero-order chi connectivity index (χ0) is 24.1. The van der Waals surface area contributed by atoms with E-state index >= 15 is 0 Å². The molecule has 0 saturated carbocycles. The van der Waals surface area contributed by atoms with Crippen LogP contribution >= 0.6 is 11.6 Å². The Morgan fingerprint density at radius 3 is 2.38 bits per heavy atom. The fraction of sp³-hybridized carbons (Fsp3) is 0.125. The molecule has 1 atom stereocenters. The molecule has 3 aromatic carbocycles. The van der Waals surface area contributed by atoms with Crippen molar-refractivity contribution in [1.82, 2.24) is 20.2 Å². The van der Waals surface area contributed by atoms with Gasteiger partial charge in [-0.25, -0.2) is 0 Å². The zero-order valence-electron chi connectivity index (χ0n) is 18.4. The SMILES string of the molecule is COc1ccccc1NC(=O)c1ccc(NC(=O)C(C)n2nnc(-c3ccc(Cl)cc3)n2)cc1. The molecule has 172 valence electrons. The topological polar surface area (TPSA) is 111 Å². The number of tetrazole rings is 1. The number of halogens is 1. The van der Waals surface area contributed by atoms with Gasteiger partial charge in [0.1, 0.15) is 11.8 Å². The minimum absolute atomic E-state index is 0.294. The quantitative estimate of drug-likeness (QED) is 0.407. The van der Waals surface area contributed by atoms with Gasteiger partial charge in [-0.3, -0.25) is 9.59 Å². The minimum Gasteiger partial charge on any atom is -0.495 e. The molecule has 4 aromatic rings. The van der Waals surface area contributed by atoms with Crippen LogP contribution in [0.5, 0.6) is 5.75 Å². The number of amides is 2. The molecular formula is C24H21ClN6O3. The summed E-state index contributed by atoms with van der Waals surface area (Å²) in [4.78, 5) is 26.5. The first-order valence-electron chi connectivity index (χ1n) is 10.4. The predicted molar refractivity (Wildman–Crippen MR) is 129 cm³/mol. The number of benzene rings is 3. The minimum atomic E-state index is -0.706. The number of anilines is 2. The third-order valence-corrected chi connectivity index (χ3v) is 5.28.